The van der Waals surface area contributed by atoms with Gasteiger partial charge in [0.05, 0.1) is 12.7 Å². The average Bonchev–Trinajstić information content (AvgIpc) is 2.69. The highest BCUT2D eigenvalue weighted by molar-refractivity contribution is 5.83. The van der Waals surface area contributed by atoms with E-state index in [1.165, 1.54) is 16.5 Å². The van der Waals surface area contributed by atoms with Gasteiger partial charge in [-0.25, -0.2) is 0 Å². The lowest BCUT2D eigenvalue weighted by molar-refractivity contribution is 0.0294. The van der Waals surface area contributed by atoms with E-state index in [4.69, 9.17) is 4.74 Å². The van der Waals surface area contributed by atoms with E-state index in [2.05, 4.69) is 47.4 Å². The summed E-state index contributed by atoms with van der Waals surface area (Å²) in [5.41, 5.74) is 2.68. The molecule has 2 aromatic rings. The molecule has 0 saturated carbocycles. The van der Waals surface area contributed by atoms with Crippen LogP contribution in [0.15, 0.2) is 30.5 Å². The summed E-state index contributed by atoms with van der Waals surface area (Å²) in [6.07, 6.45) is 3.53. The average molecular weight is 230 g/mol. The van der Waals surface area contributed by atoms with Gasteiger partial charge in [-0.05, 0) is 11.6 Å². The zero-order valence-electron chi connectivity index (χ0n) is 10.1. The number of morpholine rings is 1. The van der Waals surface area contributed by atoms with Crippen LogP contribution in [-0.2, 0) is 18.2 Å². The molecule has 3 heteroatoms. The number of hydrogen-bond acceptors (Lipinski definition) is 2. The molecule has 17 heavy (non-hydrogen) atoms. The minimum Gasteiger partial charge on any atom is -0.375 e. The number of fused-ring (bicyclic) bond motifs is 1. The molecule has 1 aromatic heterocycles. The fourth-order valence-corrected chi connectivity index (χ4v) is 2.58. The van der Waals surface area contributed by atoms with Gasteiger partial charge in [-0.15, -0.1) is 0 Å². The molecule has 1 fully saturated rings. The Morgan fingerprint density at radius 2 is 2.29 bits per heavy atom. The molecular weight excluding hydrogens is 212 g/mol. The number of benzene rings is 1. The van der Waals surface area contributed by atoms with Crippen LogP contribution >= 0.6 is 0 Å². The summed E-state index contributed by atoms with van der Waals surface area (Å²) >= 11 is 0. The quantitative estimate of drug-likeness (QED) is 0.850. The lowest BCUT2D eigenvalue weighted by atomic mass is 10.1. The SMILES string of the molecule is Cn1cc(CC2CNCCO2)c2ccccc21. The Bertz CT molecular complexity index is 512. The van der Waals surface area contributed by atoms with E-state index in [1.807, 2.05) is 0 Å². The van der Waals surface area contributed by atoms with Gasteiger partial charge in [0, 0.05) is 43.7 Å². The fraction of sp³-hybridized carbons (Fsp3) is 0.429. The van der Waals surface area contributed by atoms with Crippen molar-refractivity contribution in [2.45, 2.75) is 12.5 Å². The van der Waals surface area contributed by atoms with Crippen molar-refractivity contribution in [3.63, 3.8) is 0 Å². The Morgan fingerprint density at radius 1 is 1.41 bits per heavy atom. The third-order valence-corrected chi connectivity index (χ3v) is 3.43. The zero-order chi connectivity index (χ0) is 11.7. The summed E-state index contributed by atoms with van der Waals surface area (Å²) < 4.78 is 7.96. The van der Waals surface area contributed by atoms with Crippen molar-refractivity contribution in [3.05, 3.63) is 36.0 Å². The number of nitrogens with zero attached hydrogens (tertiary/aromatic N) is 1. The lowest BCUT2D eigenvalue weighted by Crippen LogP contribution is -2.39. The maximum atomic E-state index is 5.77. The summed E-state index contributed by atoms with van der Waals surface area (Å²) in [5.74, 6) is 0. The van der Waals surface area contributed by atoms with E-state index in [0.29, 0.717) is 6.10 Å². The minimum absolute atomic E-state index is 0.314. The molecule has 0 radical (unpaired) electrons. The second-order valence-electron chi connectivity index (χ2n) is 4.68. The van der Waals surface area contributed by atoms with Crippen LogP contribution < -0.4 is 5.32 Å². The Balaban J connectivity index is 1.89. The summed E-state index contributed by atoms with van der Waals surface area (Å²) in [6.45, 7) is 2.77. The van der Waals surface area contributed by atoms with E-state index in [1.54, 1.807) is 0 Å². The van der Waals surface area contributed by atoms with Crippen molar-refractivity contribution >= 4 is 10.9 Å². The second-order valence-corrected chi connectivity index (χ2v) is 4.68. The Labute approximate surface area is 101 Å². The van der Waals surface area contributed by atoms with Crippen molar-refractivity contribution in [2.75, 3.05) is 19.7 Å². The molecule has 2 heterocycles. The predicted octanol–water partition coefficient (Wildman–Crippen LogP) is 1.71. The molecule has 1 N–H and O–H groups in total. The number of ether oxygens (including phenoxy) is 1. The van der Waals surface area contributed by atoms with Crippen molar-refractivity contribution in [2.24, 2.45) is 7.05 Å². The van der Waals surface area contributed by atoms with Crippen molar-refractivity contribution < 1.29 is 4.74 Å². The van der Waals surface area contributed by atoms with Gasteiger partial charge < -0.3 is 14.6 Å². The third-order valence-electron chi connectivity index (χ3n) is 3.43. The number of nitrogens with one attached hydrogen (secondary N) is 1. The number of aromatic nitrogens is 1. The Hall–Kier alpha value is -1.32. The molecule has 1 unspecified atom stereocenters. The van der Waals surface area contributed by atoms with Crippen molar-refractivity contribution in [1.82, 2.24) is 9.88 Å². The van der Waals surface area contributed by atoms with Crippen LogP contribution in [0.1, 0.15) is 5.56 Å². The molecule has 0 amide bonds. The van der Waals surface area contributed by atoms with Crippen LogP contribution in [0.25, 0.3) is 10.9 Å². The molecule has 90 valence electrons. The molecule has 1 saturated heterocycles. The Kier molecular flexibility index (Phi) is 2.87. The number of rotatable bonds is 2. The highest BCUT2D eigenvalue weighted by Crippen LogP contribution is 2.22. The first-order valence-electron chi connectivity index (χ1n) is 6.20. The number of hydrogen-bond donors (Lipinski definition) is 1. The topological polar surface area (TPSA) is 26.2 Å². The van der Waals surface area contributed by atoms with Crippen LogP contribution in [-0.4, -0.2) is 30.4 Å². The summed E-state index contributed by atoms with van der Waals surface area (Å²) in [6, 6.07) is 8.55. The summed E-state index contributed by atoms with van der Waals surface area (Å²) in [5, 5.41) is 4.73. The molecule has 1 aromatic carbocycles. The van der Waals surface area contributed by atoms with Gasteiger partial charge in [0.1, 0.15) is 0 Å². The molecule has 1 atom stereocenters. The zero-order valence-corrected chi connectivity index (χ0v) is 10.1. The minimum atomic E-state index is 0.314. The Morgan fingerprint density at radius 3 is 3.12 bits per heavy atom. The van der Waals surface area contributed by atoms with E-state index >= 15 is 0 Å². The molecular formula is C14H18N2O. The van der Waals surface area contributed by atoms with Gasteiger partial charge in [-0.3, -0.25) is 0 Å². The first-order valence-corrected chi connectivity index (χ1v) is 6.20. The largest absolute Gasteiger partial charge is 0.375 e. The summed E-state index contributed by atoms with van der Waals surface area (Å²) in [4.78, 5) is 0. The van der Waals surface area contributed by atoms with E-state index in [0.717, 1.165) is 26.1 Å². The first-order chi connectivity index (χ1) is 8.34. The van der Waals surface area contributed by atoms with Gasteiger partial charge in [0.25, 0.3) is 0 Å². The van der Waals surface area contributed by atoms with Crippen LogP contribution in [0, 0.1) is 0 Å². The maximum Gasteiger partial charge on any atom is 0.0741 e. The van der Waals surface area contributed by atoms with Gasteiger partial charge in [-0.2, -0.15) is 0 Å². The van der Waals surface area contributed by atoms with Crippen molar-refractivity contribution in [3.8, 4) is 0 Å². The number of para-hydroxylation sites is 1. The fourth-order valence-electron chi connectivity index (χ4n) is 2.58. The van der Waals surface area contributed by atoms with E-state index in [9.17, 15) is 0 Å². The van der Waals surface area contributed by atoms with Crippen LogP contribution in [0.3, 0.4) is 0 Å². The van der Waals surface area contributed by atoms with Crippen LogP contribution in [0.4, 0.5) is 0 Å². The molecule has 0 spiro atoms. The molecule has 0 bridgehead atoms. The standard InChI is InChI=1S/C14H18N2O/c1-16-10-11(8-12-9-15-6-7-17-12)13-4-2-3-5-14(13)16/h2-5,10,12,15H,6-9H2,1H3. The van der Waals surface area contributed by atoms with Gasteiger partial charge in [-0.1, -0.05) is 18.2 Å². The first kappa shape index (κ1) is 10.8. The van der Waals surface area contributed by atoms with E-state index in [-0.39, 0.29) is 0 Å². The monoisotopic (exact) mass is 230 g/mol. The van der Waals surface area contributed by atoms with Gasteiger partial charge in [0.15, 0.2) is 0 Å². The third kappa shape index (κ3) is 2.08. The normalized spacial score (nSPS) is 20.9. The highest BCUT2D eigenvalue weighted by Gasteiger charge is 2.16. The van der Waals surface area contributed by atoms with Crippen LogP contribution in [0.2, 0.25) is 0 Å². The van der Waals surface area contributed by atoms with Crippen LogP contribution in [0.5, 0.6) is 0 Å². The molecule has 0 aliphatic carbocycles. The summed E-state index contributed by atoms with van der Waals surface area (Å²) in [7, 11) is 2.10. The predicted molar refractivity (Wildman–Crippen MR) is 69.2 cm³/mol. The molecule has 1 aliphatic rings. The van der Waals surface area contributed by atoms with Gasteiger partial charge in [0.2, 0.25) is 0 Å². The highest BCUT2D eigenvalue weighted by atomic mass is 16.5. The molecule has 1 aliphatic heterocycles. The molecule has 3 nitrogen and oxygen atoms in total. The van der Waals surface area contributed by atoms with Gasteiger partial charge >= 0.3 is 0 Å². The smallest absolute Gasteiger partial charge is 0.0741 e. The lowest BCUT2D eigenvalue weighted by Gasteiger charge is -2.23. The van der Waals surface area contributed by atoms with Crippen molar-refractivity contribution in [1.29, 1.82) is 0 Å². The molecule has 3 rings (SSSR count). The van der Waals surface area contributed by atoms with E-state index < -0.39 is 0 Å². The maximum absolute atomic E-state index is 5.77. The second kappa shape index (κ2) is 4.51. The number of aryl methyl sites for hydroxylation is 1.